The number of rotatable bonds is 3. The lowest BCUT2D eigenvalue weighted by Crippen LogP contribution is -2.56. The van der Waals surface area contributed by atoms with Gasteiger partial charge in [-0.3, -0.25) is 0 Å². The van der Waals surface area contributed by atoms with Crippen LogP contribution in [-0.2, 0) is 4.74 Å². The van der Waals surface area contributed by atoms with Gasteiger partial charge in [0.1, 0.15) is 0 Å². The Kier molecular flexibility index (Phi) is 4.00. The highest BCUT2D eigenvalue weighted by Gasteiger charge is 2.54. The maximum absolute atomic E-state index is 6.41. The van der Waals surface area contributed by atoms with Crippen LogP contribution in [0.3, 0.4) is 0 Å². The van der Waals surface area contributed by atoms with Gasteiger partial charge in [0.05, 0.1) is 12.2 Å². The highest BCUT2D eigenvalue weighted by Crippen LogP contribution is 2.57. The first-order valence-electron chi connectivity index (χ1n) is 7.57. The van der Waals surface area contributed by atoms with E-state index in [1.807, 2.05) is 0 Å². The smallest absolute Gasteiger partial charge is 0.0800 e. The summed E-state index contributed by atoms with van der Waals surface area (Å²) in [7, 11) is 0. The maximum Gasteiger partial charge on any atom is 0.0800 e. The second kappa shape index (κ2) is 5.57. The van der Waals surface area contributed by atoms with Gasteiger partial charge in [-0.2, -0.15) is 0 Å². The van der Waals surface area contributed by atoms with E-state index in [-0.39, 0.29) is 6.10 Å². The van der Waals surface area contributed by atoms with Gasteiger partial charge in [-0.15, -0.1) is 0 Å². The zero-order valence-electron chi connectivity index (χ0n) is 11.6. The predicted molar refractivity (Wildman–Crippen MR) is 82.6 cm³/mol. The van der Waals surface area contributed by atoms with E-state index in [2.05, 4.69) is 53.2 Å². The number of hydrogen-bond donors (Lipinski definition) is 0. The van der Waals surface area contributed by atoms with Crippen LogP contribution >= 0.6 is 15.9 Å². The molecule has 1 spiro atoms. The van der Waals surface area contributed by atoms with Gasteiger partial charge >= 0.3 is 0 Å². The summed E-state index contributed by atoms with van der Waals surface area (Å²) in [5.74, 6) is 0. The van der Waals surface area contributed by atoms with Crippen molar-refractivity contribution in [3.05, 3.63) is 35.9 Å². The van der Waals surface area contributed by atoms with Gasteiger partial charge < -0.3 is 4.74 Å². The second-order valence-electron chi connectivity index (χ2n) is 6.17. The van der Waals surface area contributed by atoms with Gasteiger partial charge in [0, 0.05) is 10.2 Å². The number of benzene rings is 1. The molecule has 2 aliphatic rings. The minimum atomic E-state index is 0.213. The van der Waals surface area contributed by atoms with E-state index in [1.54, 1.807) is 0 Å². The van der Waals surface area contributed by atoms with Crippen LogP contribution in [-0.4, -0.2) is 10.9 Å². The Bertz CT molecular complexity index is 411. The minimum Gasteiger partial charge on any atom is -0.370 e. The third kappa shape index (κ3) is 2.50. The average molecular weight is 323 g/mol. The molecule has 0 N–H and O–H groups in total. The molecule has 0 radical (unpaired) electrons. The zero-order chi connectivity index (χ0) is 13.3. The van der Waals surface area contributed by atoms with Crippen LogP contribution in [0.5, 0.6) is 0 Å². The Morgan fingerprint density at radius 3 is 2.47 bits per heavy atom. The van der Waals surface area contributed by atoms with Gasteiger partial charge in [0.2, 0.25) is 0 Å². The van der Waals surface area contributed by atoms with Crippen LogP contribution in [0.15, 0.2) is 30.3 Å². The van der Waals surface area contributed by atoms with Crippen LogP contribution in [0.4, 0.5) is 0 Å². The van der Waals surface area contributed by atoms with Crippen molar-refractivity contribution in [1.82, 2.24) is 0 Å². The number of ether oxygens (including phenoxy) is 1. The van der Waals surface area contributed by atoms with Crippen LogP contribution in [0, 0.1) is 5.41 Å². The molecule has 1 aromatic rings. The molecule has 0 aromatic heterocycles. The lowest BCUT2D eigenvalue weighted by atomic mass is 9.58. The molecular formula is C17H23BrO. The first-order valence-corrected chi connectivity index (χ1v) is 8.48. The summed E-state index contributed by atoms with van der Waals surface area (Å²) in [6, 6.07) is 10.6. The summed E-state index contributed by atoms with van der Waals surface area (Å²) in [5, 5.41) is 0. The number of halogens is 1. The molecule has 1 nitrogen and oxygen atoms in total. The second-order valence-corrected chi connectivity index (χ2v) is 7.28. The fourth-order valence-electron chi connectivity index (χ4n) is 3.78. The summed E-state index contributed by atoms with van der Waals surface area (Å²) in [6.07, 6.45) is 8.69. The van der Waals surface area contributed by atoms with Crippen molar-refractivity contribution in [3.63, 3.8) is 0 Å². The van der Waals surface area contributed by atoms with E-state index in [4.69, 9.17) is 4.74 Å². The molecule has 2 heteroatoms. The molecule has 3 unspecified atom stereocenters. The molecule has 0 amide bonds. The quantitative estimate of drug-likeness (QED) is 0.690. The van der Waals surface area contributed by atoms with Crippen molar-refractivity contribution >= 4 is 15.9 Å². The Labute approximate surface area is 124 Å². The predicted octanol–water partition coefficient (Wildman–Crippen LogP) is 5.25. The molecule has 3 atom stereocenters. The maximum atomic E-state index is 6.41. The van der Waals surface area contributed by atoms with E-state index in [0.29, 0.717) is 16.3 Å². The third-order valence-corrected chi connectivity index (χ3v) is 6.39. The molecule has 0 bridgehead atoms. The summed E-state index contributed by atoms with van der Waals surface area (Å²) >= 11 is 3.89. The van der Waals surface area contributed by atoms with Crippen molar-refractivity contribution < 1.29 is 4.74 Å². The summed E-state index contributed by atoms with van der Waals surface area (Å²) in [5.41, 5.74) is 1.73. The number of hydrogen-bond acceptors (Lipinski definition) is 1. The molecule has 0 heterocycles. The summed E-state index contributed by atoms with van der Waals surface area (Å²) in [6.45, 7) is 2.19. The monoisotopic (exact) mass is 322 g/mol. The molecule has 2 fully saturated rings. The van der Waals surface area contributed by atoms with Gasteiger partial charge in [0.25, 0.3) is 0 Å². The van der Waals surface area contributed by atoms with Gasteiger partial charge in [-0.25, -0.2) is 0 Å². The van der Waals surface area contributed by atoms with E-state index in [9.17, 15) is 0 Å². The van der Waals surface area contributed by atoms with Crippen LogP contribution in [0.25, 0.3) is 0 Å². The van der Waals surface area contributed by atoms with Crippen molar-refractivity contribution in [3.8, 4) is 0 Å². The SMILES string of the molecule is CC(OC1CC(Br)C12CCCCC2)c1ccccc1. The lowest BCUT2D eigenvalue weighted by Gasteiger charge is -2.56. The summed E-state index contributed by atoms with van der Waals surface area (Å²) in [4.78, 5) is 0.674. The van der Waals surface area contributed by atoms with Crippen molar-refractivity contribution in [2.75, 3.05) is 0 Å². The Hall–Kier alpha value is -0.340. The Morgan fingerprint density at radius 2 is 1.84 bits per heavy atom. The molecule has 1 aromatic carbocycles. The van der Waals surface area contributed by atoms with Crippen LogP contribution in [0.2, 0.25) is 0 Å². The Balaban J connectivity index is 1.67. The average Bonchev–Trinajstić information content (AvgIpc) is 2.48. The van der Waals surface area contributed by atoms with E-state index in [0.717, 1.165) is 0 Å². The standard InChI is InChI=1S/C17H23BrO/c1-13(14-8-4-2-5-9-14)19-16-12-15(18)17(16)10-6-3-7-11-17/h2,4-5,8-9,13,15-16H,3,6-7,10-12H2,1H3. The van der Waals surface area contributed by atoms with Gasteiger partial charge in [-0.05, 0) is 31.7 Å². The van der Waals surface area contributed by atoms with Gasteiger partial charge in [0.15, 0.2) is 0 Å². The van der Waals surface area contributed by atoms with E-state index >= 15 is 0 Å². The molecule has 2 saturated carbocycles. The van der Waals surface area contributed by atoms with Crippen LogP contribution in [0.1, 0.15) is 57.1 Å². The molecular weight excluding hydrogens is 300 g/mol. The van der Waals surface area contributed by atoms with Crippen molar-refractivity contribution in [2.45, 2.75) is 62.5 Å². The third-order valence-electron chi connectivity index (χ3n) is 5.11. The largest absolute Gasteiger partial charge is 0.370 e. The van der Waals surface area contributed by atoms with Crippen molar-refractivity contribution in [1.29, 1.82) is 0 Å². The topological polar surface area (TPSA) is 9.23 Å². The Morgan fingerprint density at radius 1 is 1.16 bits per heavy atom. The van der Waals surface area contributed by atoms with E-state index < -0.39 is 0 Å². The molecule has 2 aliphatic carbocycles. The zero-order valence-corrected chi connectivity index (χ0v) is 13.2. The fraction of sp³-hybridized carbons (Fsp3) is 0.647. The fourth-order valence-corrected chi connectivity index (χ4v) is 4.88. The van der Waals surface area contributed by atoms with Crippen molar-refractivity contribution in [2.24, 2.45) is 5.41 Å². The lowest BCUT2D eigenvalue weighted by molar-refractivity contribution is -0.147. The highest BCUT2D eigenvalue weighted by molar-refractivity contribution is 9.09. The molecule has 19 heavy (non-hydrogen) atoms. The minimum absolute atomic E-state index is 0.213. The first-order chi connectivity index (χ1) is 9.22. The van der Waals surface area contributed by atoms with Crippen LogP contribution < -0.4 is 0 Å². The van der Waals surface area contributed by atoms with E-state index in [1.165, 1.54) is 44.1 Å². The normalized spacial score (nSPS) is 30.8. The molecule has 104 valence electrons. The first kappa shape index (κ1) is 13.6. The molecule has 0 saturated heterocycles. The molecule has 0 aliphatic heterocycles. The number of alkyl halides is 1. The highest BCUT2D eigenvalue weighted by atomic mass is 79.9. The summed E-state index contributed by atoms with van der Waals surface area (Å²) < 4.78 is 6.41. The van der Waals surface area contributed by atoms with Gasteiger partial charge in [-0.1, -0.05) is 65.5 Å². The molecule has 3 rings (SSSR count).